The number of rotatable bonds is 1. The molecule has 78 valence electrons. The van der Waals surface area contributed by atoms with Gasteiger partial charge in [-0.15, -0.1) is 0 Å². The van der Waals surface area contributed by atoms with E-state index in [1.807, 2.05) is 0 Å². The number of hydrogen-bond donors (Lipinski definition) is 0. The van der Waals surface area contributed by atoms with Gasteiger partial charge in [0.25, 0.3) is 0 Å². The lowest BCUT2D eigenvalue weighted by molar-refractivity contribution is 0.548. The Kier molecular flexibility index (Phi) is 2.47. The van der Waals surface area contributed by atoms with Gasteiger partial charge in [0.05, 0.1) is 5.52 Å². The molecule has 0 radical (unpaired) electrons. The predicted octanol–water partition coefficient (Wildman–Crippen LogP) is 2.66. The van der Waals surface area contributed by atoms with E-state index in [-0.39, 0.29) is 0 Å². The topological polar surface area (TPSA) is 47.0 Å². The summed E-state index contributed by atoms with van der Waals surface area (Å²) in [5.74, 6) is 0. The van der Waals surface area contributed by atoms with Crippen molar-refractivity contribution in [1.82, 2.24) is 4.98 Å². The van der Waals surface area contributed by atoms with Crippen molar-refractivity contribution in [1.29, 1.82) is 0 Å². The van der Waals surface area contributed by atoms with Crippen LogP contribution in [-0.2, 0) is 10.2 Å². The van der Waals surface area contributed by atoms with Gasteiger partial charge in [0.15, 0.2) is 5.03 Å². The van der Waals surface area contributed by atoms with Crippen LogP contribution in [0.4, 0.5) is 3.89 Å². The van der Waals surface area contributed by atoms with Gasteiger partial charge >= 0.3 is 10.2 Å². The smallest absolute Gasteiger partial charge is 0.234 e. The van der Waals surface area contributed by atoms with Crippen LogP contribution < -0.4 is 0 Å². The molecule has 15 heavy (non-hydrogen) atoms. The minimum atomic E-state index is -4.73. The molecule has 1 heterocycles. The molecule has 3 nitrogen and oxygen atoms in total. The van der Waals surface area contributed by atoms with Gasteiger partial charge < -0.3 is 0 Å². The Morgan fingerprint density at radius 3 is 2.60 bits per heavy atom. The standard InChI is InChI=1S/C9H5BrFNO2S/c10-7-2-3-8-6(5-7)1-4-9(12-8)15(11,13)14/h1-5H. The van der Waals surface area contributed by atoms with Gasteiger partial charge in [0.1, 0.15) is 0 Å². The Balaban J connectivity index is 2.73. The van der Waals surface area contributed by atoms with E-state index in [0.29, 0.717) is 5.52 Å². The molecule has 6 heteroatoms. The average Bonchev–Trinajstić information content (AvgIpc) is 2.15. The largest absolute Gasteiger partial charge is 0.349 e. The number of nitrogens with zero attached hydrogens (tertiary/aromatic N) is 1. The molecule has 0 spiro atoms. The molecule has 2 rings (SSSR count). The lowest BCUT2D eigenvalue weighted by Gasteiger charge is -1.99. The Labute approximate surface area is 94.3 Å². The van der Waals surface area contributed by atoms with Gasteiger partial charge in [0, 0.05) is 9.86 Å². The second-order valence-corrected chi connectivity index (χ2v) is 5.13. The number of pyridine rings is 1. The summed E-state index contributed by atoms with van der Waals surface area (Å²) in [5, 5.41) is 0.189. The highest BCUT2D eigenvalue weighted by Crippen LogP contribution is 2.20. The minimum absolute atomic E-state index is 0.442. The molecule has 0 aliphatic carbocycles. The predicted molar refractivity (Wildman–Crippen MR) is 57.7 cm³/mol. The van der Waals surface area contributed by atoms with E-state index in [0.717, 1.165) is 15.9 Å². The van der Waals surface area contributed by atoms with Crippen molar-refractivity contribution >= 4 is 37.1 Å². The summed E-state index contributed by atoms with van der Waals surface area (Å²) in [6, 6.07) is 7.76. The van der Waals surface area contributed by atoms with Crippen LogP contribution in [-0.4, -0.2) is 13.4 Å². The fourth-order valence-corrected chi connectivity index (χ4v) is 2.03. The Hall–Kier alpha value is -1.01. The third-order valence-electron chi connectivity index (χ3n) is 1.88. The summed E-state index contributed by atoms with van der Waals surface area (Å²) in [4.78, 5) is 3.70. The lowest BCUT2D eigenvalue weighted by atomic mass is 10.2. The van der Waals surface area contributed by atoms with Gasteiger partial charge in [-0.2, -0.15) is 8.42 Å². The molecule has 0 saturated carbocycles. The molecule has 0 aliphatic rings. The highest BCUT2D eigenvalue weighted by atomic mass is 79.9. The summed E-state index contributed by atoms with van der Waals surface area (Å²) >= 11 is 3.27. The molecule has 1 aromatic heterocycles. The summed E-state index contributed by atoms with van der Waals surface area (Å²) < 4.78 is 34.7. The number of fused-ring (bicyclic) bond motifs is 1. The first-order chi connectivity index (χ1) is 6.97. The monoisotopic (exact) mass is 289 g/mol. The van der Waals surface area contributed by atoms with Gasteiger partial charge in [-0.1, -0.05) is 19.8 Å². The molecule has 0 atom stereocenters. The summed E-state index contributed by atoms with van der Waals surface area (Å²) in [6.07, 6.45) is 0. The normalized spacial score (nSPS) is 11.9. The minimum Gasteiger partial charge on any atom is -0.234 e. The van der Waals surface area contributed by atoms with Crippen LogP contribution in [0.3, 0.4) is 0 Å². The lowest BCUT2D eigenvalue weighted by Crippen LogP contribution is -1.95. The van der Waals surface area contributed by atoms with Crippen molar-refractivity contribution in [3.63, 3.8) is 0 Å². The maximum atomic E-state index is 12.6. The average molecular weight is 290 g/mol. The van der Waals surface area contributed by atoms with Crippen molar-refractivity contribution in [3.05, 3.63) is 34.8 Å². The van der Waals surface area contributed by atoms with Gasteiger partial charge in [-0.05, 0) is 30.3 Å². The fraction of sp³-hybridized carbons (Fsp3) is 0. The van der Waals surface area contributed by atoms with Crippen molar-refractivity contribution in [2.24, 2.45) is 0 Å². The first kappa shape index (κ1) is 10.5. The SMILES string of the molecule is O=S(=O)(F)c1ccc2cc(Br)ccc2n1. The highest BCUT2D eigenvalue weighted by molar-refractivity contribution is 9.10. The van der Waals surface area contributed by atoms with E-state index in [1.165, 1.54) is 6.07 Å². The maximum Gasteiger partial charge on any atom is 0.349 e. The maximum absolute atomic E-state index is 12.6. The Bertz CT molecular complexity index is 627. The number of aromatic nitrogens is 1. The molecule has 1 aromatic carbocycles. The van der Waals surface area contributed by atoms with E-state index in [9.17, 15) is 12.3 Å². The van der Waals surface area contributed by atoms with Crippen molar-refractivity contribution in [2.45, 2.75) is 5.03 Å². The second-order valence-electron chi connectivity index (χ2n) is 2.92. The quantitative estimate of drug-likeness (QED) is 0.759. The van der Waals surface area contributed by atoms with Gasteiger partial charge in [-0.25, -0.2) is 4.98 Å². The molecule has 2 aromatic rings. The zero-order valence-corrected chi connectivity index (χ0v) is 9.72. The summed E-state index contributed by atoms with van der Waals surface area (Å²) in [7, 11) is -4.73. The van der Waals surface area contributed by atoms with Gasteiger partial charge in [0.2, 0.25) is 0 Å². The van der Waals surface area contributed by atoms with Crippen LogP contribution in [0.5, 0.6) is 0 Å². The van der Waals surface area contributed by atoms with Gasteiger partial charge in [-0.3, -0.25) is 0 Å². The summed E-state index contributed by atoms with van der Waals surface area (Å²) in [6.45, 7) is 0. The zero-order valence-electron chi connectivity index (χ0n) is 7.31. The first-order valence-corrected chi connectivity index (χ1v) is 6.15. The van der Waals surface area contributed by atoms with Crippen LogP contribution in [0.1, 0.15) is 0 Å². The third kappa shape index (κ3) is 2.15. The van der Waals surface area contributed by atoms with Crippen LogP contribution in [0.15, 0.2) is 39.8 Å². The molecule has 0 unspecified atom stereocenters. The summed E-state index contributed by atoms with van der Waals surface area (Å²) in [5.41, 5.74) is 0.442. The van der Waals surface area contributed by atoms with Crippen molar-refractivity contribution in [2.75, 3.05) is 0 Å². The van der Waals surface area contributed by atoms with E-state index in [2.05, 4.69) is 20.9 Å². The fourth-order valence-electron chi connectivity index (χ4n) is 1.21. The second kappa shape index (κ2) is 3.53. The highest BCUT2D eigenvalue weighted by Gasteiger charge is 2.13. The molecule has 0 fully saturated rings. The Morgan fingerprint density at radius 1 is 1.20 bits per heavy atom. The van der Waals surface area contributed by atoms with Crippen LogP contribution in [0, 0.1) is 0 Å². The zero-order chi connectivity index (χ0) is 11.1. The number of benzene rings is 1. The van der Waals surface area contributed by atoms with Crippen molar-refractivity contribution in [3.8, 4) is 0 Å². The van der Waals surface area contributed by atoms with Crippen molar-refractivity contribution < 1.29 is 12.3 Å². The first-order valence-electron chi connectivity index (χ1n) is 3.98. The molecule has 0 bridgehead atoms. The molecule has 0 saturated heterocycles. The third-order valence-corrected chi connectivity index (χ3v) is 3.10. The van der Waals surface area contributed by atoms with Crippen LogP contribution in [0.25, 0.3) is 10.9 Å². The molecule has 0 aliphatic heterocycles. The Morgan fingerprint density at radius 2 is 1.93 bits per heavy atom. The molecular weight excluding hydrogens is 285 g/mol. The van der Waals surface area contributed by atoms with E-state index < -0.39 is 15.2 Å². The molecule has 0 N–H and O–H groups in total. The number of hydrogen-bond acceptors (Lipinski definition) is 3. The molecule has 0 amide bonds. The molecular formula is C9H5BrFNO2S. The van der Waals surface area contributed by atoms with Crippen LogP contribution in [0.2, 0.25) is 0 Å². The van der Waals surface area contributed by atoms with E-state index in [4.69, 9.17) is 0 Å². The van der Waals surface area contributed by atoms with E-state index in [1.54, 1.807) is 18.2 Å². The van der Waals surface area contributed by atoms with E-state index >= 15 is 0 Å². The van der Waals surface area contributed by atoms with Crippen LogP contribution >= 0.6 is 15.9 Å². The number of halogens is 2.